The van der Waals surface area contributed by atoms with Gasteiger partial charge in [0.25, 0.3) is 0 Å². The molecule has 0 aliphatic carbocycles. The highest BCUT2D eigenvalue weighted by Gasteiger charge is 2.30. The Kier molecular flexibility index (Phi) is 5.39. The first-order chi connectivity index (χ1) is 18.7. The molecule has 1 aliphatic rings. The summed E-state index contributed by atoms with van der Waals surface area (Å²) >= 11 is 0. The maximum absolute atomic E-state index is 14.8. The molecule has 6 aromatic carbocycles. The van der Waals surface area contributed by atoms with Gasteiger partial charge in [-0.3, -0.25) is 0 Å². The topological polar surface area (TPSA) is 35.5 Å². The molecule has 0 saturated heterocycles. The Morgan fingerprint density at radius 2 is 0.895 bits per heavy atom. The monoisotopic (exact) mass is 510 g/mol. The van der Waals surface area contributed by atoms with E-state index in [0.717, 1.165) is 37.8 Å². The third kappa shape index (κ3) is 3.80. The number of fused-ring (bicyclic) bond motifs is 3. The van der Waals surface area contributed by atoms with E-state index in [9.17, 15) is 4.57 Å². The van der Waals surface area contributed by atoms with Crippen LogP contribution in [0.25, 0.3) is 21.9 Å². The zero-order valence-electron chi connectivity index (χ0n) is 20.5. The molecule has 7 rings (SSSR count). The molecule has 4 heteroatoms. The van der Waals surface area contributed by atoms with Crippen molar-refractivity contribution >= 4 is 33.8 Å². The highest BCUT2D eigenvalue weighted by atomic mass is 31.2. The quantitative estimate of drug-likeness (QED) is 0.225. The second kappa shape index (κ2) is 9.06. The van der Waals surface area contributed by atoms with Crippen molar-refractivity contribution < 1.29 is 14.0 Å². The summed E-state index contributed by atoms with van der Waals surface area (Å²) in [7, 11) is -3.07. The van der Waals surface area contributed by atoms with Gasteiger partial charge < -0.3 is 14.0 Å². The molecule has 1 heterocycles. The lowest BCUT2D eigenvalue weighted by molar-refractivity contribution is 0.360. The maximum atomic E-state index is 14.8. The highest BCUT2D eigenvalue weighted by molar-refractivity contribution is 7.85. The molecule has 0 aromatic heterocycles. The number of hydrogen-bond donors (Lipinski definition) is 0. The van der Waals surface area contributed by atoms with Gasteiger partial charge in [-0.2, -0.15) is 0 Å². The molecule has 0 fully saturated rings. The molecule has 0 atom stereocenters. The number of rotatable bonds is 4. The zero-order valence-corrected chi connectivity index (χ0v) is 21.3. The summed E-state index contributed by atoms with van der Waals surface area (Å²) in [4.78, 5) is 0. The van der Waals surface area contributed by atoms with E-state index < -0.39 is 7.14 Å². The summed E-state index contributed by atoms with van der Waals surface area (Å²) in [6.45, 7) is 0. The van der Waals surface area contributed by atoms with Crippen molar-refractivity contribution in [1.82, 2.24) is 0 Å². The fraction of sp³-hybridized carbons (Fsp3) is 0. The molecule has 0 bridgehead atoms. The van der Waals surface area contributed by atoms with Crippen molar-refractivity contribution in [3.8, 4) is 34.1 Å². The van der Waals surface area contributed by atoms with Crippen LogP contribution in [0.4, 0.5) is 0 Å². The standard InChI is InChI=1S/C34H23O3P/c35-38(28-13-3-1-4-14-28,29-15-5-2-6-16-29)30-17-9-12-24(20-30)27-18-19-31-32(23-27)37-34-22-26-11-8-7-10-25(26)21-33(34)36-31/h1-23H. The summed E-state index contributed by atoms with van der Waals surface area (Å²) in [5, 5.41) is 4.62. The van der Waals surface area contributed by atoms with E-state index in [1.807, 2.05) is 127 Å². The van der Waals surface area contributed by atoms with Gasteiger partial charge in [-0.05, 0) is 52.2 Å². The molecule has 0 spiro atoms. The first-order valence-electron chi connectivity index (χ1n) is 12.5. The summed E-state index contributed by atoms with van der Waals surface area (Å²) in [5.74, 6) is 2.73. The summed E-state index contributed by atoms with van der Waals surface area (Å²) in [6.07, 6.45) is 0. The van der Waals surface area contributed by atoms with Crippen LogP contribution < -0.4 is 25.4 Å². The predicted molar refractivity (Wildman–Crippen MR) is 155 cm³/mol. The maximum Gasteiger partial charge on any atom is 0.171 e. The molecule has 182 valence electrons. The molecule has 0 N–H and O–H groups in total. The molecular weight excluding hydrogens is 487 g/mol. The molecular formula is C34H23O3P. The summed E-state index contributed by atoms with van der Waals surface area (Å²) in [5.41, 5.74) is 1.93. The van der Waals surface area contributed by atoms with Crippen molar-refractivity contribution in [1.29, 1.82) is 0 Å². The van der Waals surface area contributed by atoms with Crippen LogP contribution in [-0.4, -0.2) is 0 Å². The molecule has 0 saturated carbocycles. The fourth-order valence-electron chi connectivity index (χ4n) is 5.05. The first kappa shape index (κ1) is 22.6. The van der Waals surface area contributed by atoms with Gasteiger partial charge in [0, 0.05) is 15.9 Å². The zero-order chi connectivity index (χ0) is 25.5. The predicted octanol–water partition coefficient (Wildman–Crippen LogP) is 8.04. The lowest BCUT2D eigenvalue weighted by Crippen LogP contribution is -2.25. The average molecular weight is 511 g/mol. The van der Waals surface area contributed by atoms with Crippen LogP contribution in [0.5, 0.6) is 23.0 Å². The molecule has 6 aromatic rings. The molecule has 3 nitrogen and oxygen atoms in total. The Morgan fingerprint density at radius 3 is 1.53 bits per heavy atom. The van der Waals surface area contributed by atoms with Crippen LogP contribution >= 0.6 is 7.14 Å². The van der Waals surface area contributed by atoms with Gasteiger partial charge in [-0.15, -0.1) is 0 Å². The Bertz CT molecular complexity index is 1800. The van der Waals surface area contributed by atoms with E-state index >= 15 is 0 Å². The van der Waals surface area contributed by atoms with Gasteiger partial charge in [0.15, 0.2) is 30.1 Å². The van der Waals surface area contributed by atoms with E-state index in [0.29, 0.717) is 23.0 Å². The molecule has 0 radical (unpaired) electrons. The van der Waals surface area contributed by atoms with Gasteiger partial charge in [-0.25, -0.2) is 0 Å². The normalized spacial score (nSPS) is 12.2. The SMILES string of the molecule is O=P(c1ccccc1)(c1ccccc1)c1cccc(-c2ccc3c(c2)Oc2cc4ccccc4cc2O3)c1. The minimum Gasteiger partial charge on any atom is -0.449 e. The molecule has 0 unspecified atom stereocenters. The Labute approximate surface area is 221 Å². The van der Waals surface area contributed by atoms with Crippen LogP contribution in [0.2, 0.25) is 0 Å². The van der Waals surface area contributed by atoms with E-state index in [1.54, 1.807) is 0 Å². The van der Waals surface area contributed by atoms with E-state index in [2.05, 4.69) is 12.1 Å². The number of benzene rings is 6. The Hall–Kier alpha value is -4.59. The highest BCUT2D eigenvalue weighted by Crippen LogP contribution is 2.48. The van der Waals surface area contributed by atoms with Crippen molar-refractivity contribution in [2.75, 3.05) is 0 Å². The third-order valence-corrected chi connectivity index (χ3v) is 10.0. The van der Waals surface area contributed by atoms with Crippen LogP contribution in [0.1, 0.15) is 0 Å². The van der Waals surface area contributed by atoms with Gasteiger partial charge in [0.05, 0.1) is 0 Å². The number of ether oxygens (including phenoxy) is 2. The summed E-state index contributed by atoms with van der Waals surface area (Å²) < 4.78 is 27.3. The van der Waals surface area contributed by atoms with Gasteiger partial charge in [0.1, 0.15) is 0 Å². The van der Waals surface area contributed by atoms with Gasteiger partial charge in [0.2, 0.25) is 0 Å². The molecule has 1 aliphatic heterocycles. The fourth-order valence-corrected chi connectivity index (χ4v) is 7.75. The minimum absolute atomic E-state index is 0.657. The van der Waals surface area contributed by atoms with E-state index in [1.165, 1.54) is 0 Å². The van der Waals surface area contributed by atoms with Crippen molar-refractivity contribution in [2.45, 2.75) is 0 Å². The average Bonchev–Trinajstić information content (AvgIpc) is 2.99. The van der Waals surface area contributed by atoms with Crippen molar-refractivity contribution in [2.24, 2.45) is 0 Å². The van der Waals surface area contributed by atoms with Crippen LogP contribution in [-0.2, 0) is 4.57 Å². The van der Waals surface area contributed by atoms with Gasteiger partial charge in [-0.1, -0.05) is 109 Å². The molecule has 0 amide bonds. The van der Waals surface area contributed by atoms with E-state index in [4.69, 9.17) is 9.47 Å². The van der Waals surface area contributed by atoms with Crippen molar-refractivity contribution in [3.05, 3.63) is 140 Å². The largest absolute Gasteiger partial charge is 0.449 e. The smallest absolute Gasteiger partial charge is 0.171 e. The molecule has 38 heavy (non-hydrogen) atoms. The lowest BCUT2D eigenvalue weighted by Gasteiger charge is -2.22. The Morgan fingerprint density at radius 1 is 0.395 bits per heavy atom. The second-order valence-electron chi connectivity index (χ2n) is 9.34. The van der Waals surface area contributed by atoms with Crippen LogP contribution in [0, 0.1) is 0 Å². The van der Waals surface area contributed by atoms with Crippen LogP contribution in [0.3, 0.4) is 0 Å². The third-order valence-electron chi connectivity index (χ3n) is 6.98. The second-order valence-corrected chi connectivity index (χ2v) is 12.1. The number of hydrogen-bond acceptors (Lipinski definition) is 3. The van der Waals surface area contributed by atoms with Gasteiger partial charge >= 0.3 is 0 Å². The summed E-state index contributed by atoms with van der Waals surface area (Å²) in [6, 6.07) is 45.6. The minimum atomic E-state index is -3.07. The van der Waals surface area contributed by atoms with Crippen LogP contribution in [0.15, 0.2) is 140 Å². The first-order valence-corrected chi connectivity index (χ1v) is 14.2. The van der Waals surface area contributed by atoms with E-state index in [-0.39, 0.29) is 0 Å². The van der Waals surface area contributed by atoms with Crippen molar-refractivity contribution in [3.63, 3.8) is 0 Å². The Balaban J connectivity index is 1.30. The lowest BCUT2D eigenvalue weighted by atomic mass is 10.0.